The van der Waals surface area contributed by atoms with Gasteiger partial charge < -0.3 is 9.52 Å². The molecule has 0 saturated carbocycles. The third-order valence-electron chi connectivity index (χ3n) is 3.94. The van der Waals surface area contributed by atoms with E-state index < -0.39 is 6.10 Å². The van der Waals surface area contributed by atoms with E-state index in [9.17, 15) is 5.11 Å². The smallest absolute Gasteiger partial charge is 0.138 e. The van der Waals surface area contributed by atoms with Crippen molar-refractivity contribution in [2.75, 3.05) is 0 Å². The molecular formula is C18H17ClO2. The van der Waals surface area contributed by atoms with E-state index in [1.807, 2.05) is 38.1 Å². The predicted molar refractivity (Wildman–Crippen MR) is 85.9 cm³/mol. The third-order valence-corrected chi connectivity index (χ3v) is 4.18. The molecule has 0 amide bonds. The van der Waals surface area contributed by atoms with Gasteiger partial charge in [-0.3, -0.25) is 0 Å². The number of fused-ring (bicyclic) bond motifs is 1. The van der Waals surface area contributed by atoms with Crippen LogP contribution in [0.3, 0.4) is 0 Å². The lowest BCUT2D eigenvalue weighted by atomic mass is 9.96. The van der Waals surface area contributed by atoms with Crippen molar-refractivity contribution < 1.29 is 9.52 Å². The summed E-state index contributed by atoms with van der Waals surface area (Å²) in [6.45, 7) is 6.12. The van der Waals surface area contributed by atoms with Crippen molar-refractivity contribution in [1.82, 2.24) is 0 Å². The second-order valence-electron chi connectivity index (χ2n) is 5.53. The van der Waals surface area contributed by atoms with E-state index in [-0.39, 0.29) is 0 Å². The number of halogens is 1. The number of hydrogen-bond acceptors (Lipinski definition) is 2. The summed E-state index contributed by atoms with van der Waals surface area (Å²) < 4.78 is 5.76. The van der Waals surface area contributed by atoms with Gasteiger partial charge in [0, 0.05) is 10.4 Å². The van der Waals surface area contributed by atoms with E-state index in [0.29, 0.717) is 10.8 Å². The van der Waals surface area contributed by atoms with Crippen LogP contribution in [0, 0.1) is 20.8 Å². The van der Waals surface area contributed by atoms with Crippen molar-refractivity contribution in [1.29, 1.82) is 0 Å². The lowest BCUT2D eigenvalue weighted by molar-refractivity contribution is 0.191. The number of benzene rings is 2. The van der Waals surface area contributed by atoms with E-state index in [4.69, 9.17) is 16.0 Å². The first-order chi connectivity index (χ1) is 9.95. The molecule has 0 bridgehead atoms. The maximum absolute atomic E-state index is 10.6. The van der Waals surface area contributed by atoms with Crippen LogP contribution in [0.1, 0.15) is 34.1 Å². The van der Waals surface area contributed by atoms with Gasteiger partial charge in [0.1, 0.15) is 17.4 Å². The molecule has 3 heteroatoms. The maximum Gasteiger partial charge on any atom is 0.138 e. The summed E-state index contributed by atoms with van der Waals surface area (Å²) in [5.41, 5.74) is 5.05. The maximum atomic E-state index is 10.6. The number of aryl methyl sites for hydroxylation is 3. The molecule has 3 rings (SSSR count). The molecule has 0 fully saturated rings. The van der Waals surface area contributed by atoms with Crippen molar-refractivity contribution in [2.45, 2.75) is 26.9 Å². The molecule has 1 unspecified atom stereocenters. The fourth-order valence-electron chi connectivity index (χ4n) is 2.60. The summed E-state index contributed by atoms with van der Waals surface area (Å²) in [6.07, 6.45) is -0.768. The average molecular weight is 301 g/mol. The molecule has 0 aliphatic carbocycles. The first-order valence-corrected chi connectivity index (χ1v) is 7.28. The van der Waals surface area contributed by atoms with Crippen molar-refractivity contribution in [2.24, 2.45) is 0 Å². The molecule has 2 aromatic carbocycles. The Bertz CT molecular complexity index is 817. The molecule has 21 heavy (non-hydrogen) atoms. The van der Waals surface area contributed by atoms with Gasteiger partial charge in [0.25, 0.3) is 0 Å². The van der Waals surface area contributed by atoms with Gasteiger partial charge in [0.2, 0.25) is 0 Å². The summed E-state index contributed by atoms with van der Waals surface area (Å²) in [5.74, 6) is 0.540. The monoisotopic (exact) mass is 300 g/mol. The molecular weight excluding hydrogens is 284 g/mol. The van der Waals surface area contributed by atoms with E-state index in [1.54, 1.807) is 6.07 Å². The minimum Gasteiger partial charge on any atom is -0.458 e. The molecule has 0 radical (unpaired) electrons. The molecule has 0 aliphatic rings. The van der Waals surface area contributed by atoms with Crippen LogP contribution < -0.4 is 0 Å². The zero-order valence-corrected chi connectivity index (χ0v) is 13.0. The minimum atomic E-state index is -0.768. The van der Waals surface area contributed by atoms with Gasteiger partial charge >= 0.3 is 0 Å². The van der Waals surface area contributed by atoms with Crippen molar-refractivity contribution in [3.8, 4) is 0 Å². The normalized spacial score (nSPS) is 12.8. The molecule has 0 aliphatic heterocycles. The van der Waals surface area contributed by atoms with Crippen LogP contribution >= 0.6 is 11.6 Å². The Morgan fingerprint density at radius 3 is 2.43 bits per heavy atom. The lowest BCUT2D eigenvalue weighted by Gasteiger charge is -2.14. The van der Waals surface area contributed by atoms with Crippen LogP contribution in [0.5, 0.6) is 0 Å². The number of rotatable bonds is 2. The Morgan fingerprint density at radius 2 is 1.67 bits per heavy atom. The van der Waals surface area contributed by atoms with Crippen LogP contribution in [0.4, 0.5) is 0 Å². The Hall–Kier alpha value is -1.77. The second-order valence-corrected chi connectivity index (χ2v) is 5.96. The van der Waals surface area contributed by atoms with E-state index in [2.05, 4.69) is 13.0 Å². The van der Waals surface area contributed by atoms with Crippen LogP contribution in [0.25, 0.3) is 11.0 Å². The molecule has 3 aromatic rings. The number of aliphatic hydroxyl groups excluding tert-OH is 1. The van der Waals surface area contributed by atoms with Gasteiger partial charge in [-0.25, -0.2) is 0 Å². The van der Waals surface area contributed by atoms with Crippen LogP contribution in [-0.4, -0.2) is 5.11 Å². The third kappa shape index (κ3) is 2.57. The Kier molecular flexibility index (Phi) is 3.52. The largest absolute Gasteiger partial charge is 0.458 e. The molecule has 1 N–H and O–H groups in total. The number of hydrogen-bond donors (Lipinski definition) is 1. The number of furan rings is 1. The highest BCUT2D eigenvalue weighted by molar-refractivity contribution is 6.31. The average Bonchev–Trinajstić information content (AvgIpc) is 2.85. The van der Waals surface area contributed by atoms with Crippen LogP contribution in [0.2, 0.25) is 5.02 Å². The highest BCUT2D eigenvalue weighted by atomic mass is 35.5. The zero-order chi connectivity index (χ0) is 15.1. The van der Waals surface area contributed by atoms with Crippen LogP contribution in [0.15, 0.2) is 40.8 Å². The van der Waals surface area contributed by atoms with E-state index >= 15 is 0 Å². The molecule has 0 saturated heterocycles. The molecule has 1 heterocycles. The standard InChI is InChI=1S/C18H17ClO2/c1-10-6-12(3)15(7-11(10)2)18(20)17-9-13-8-14(19)4-5-16(13)21-17/h4-9,18,20H,1-3H3. The second kappa shape index (κ2) is 5.21. The quantitative estimate of drug-likeness (QED) is 0.715. The van der Waals surface area contributed by atoms with E-state index in [0.717, 1.165) is 27.7 Å². The van der Waals surface area contributed by atoms with Crippen molar-refractivity contribution >= 4 is 22.6 Å². The van der Waals surface area contributed by atoms with Gasteiger partial charge in [-0.1, -0.05) is 23.7 Å². The molecule has 2 nitrogen and oxygen atoms in total. The highest BCUT2D eigenvalue weighted by Crippen LogP contribution is 2.32. The summed E-state index contributed by atoms with van der Waals surface area (Å²) >= 11 is 5.98. The fourth-order valence-corrected chi connectivity index (χ4v) is 2.78. The zero-order valence-electron chi connectivity index (χ0n) is 12.3. The first kappa shape index (κ1) is 14.2. The van der Waals surface area contributed by atoms with Crippen molar-refractivity contribution in [3.63, 3.8) is 0 Å². The molecule has 108 valence electrons. The predicted octanol–water partition coefficient (Wildman–Crippen LogP) is 5.09. The summed E-state index contributed by atoms with van der Waals surface area (Å²) in [7, 11) is 0. The van der Waals surface area contributed by atoms with Crippen LogP contribution in [-0.2, 0) is 0 Å². The first-order valence-electron chi connectivity index (χ1n) is 6.90. The topological polar surface area (TPSA) is 33.4 Å². The molecule has 1 aromatic heterocycles. The minimum absolute atomic E-state index is 0.540. The fraction of sp³-hybridized carbons (Fsp3) is 0.222. The summed E-state index contributed by atoms with van der Waals surface area (Å²) in [5, 5.41) is 12.2. The van der Waals surface area contributed by atoms with E-state index in [1.165, 1.54) is 5.56 Å². The van der Waals surface area contributed by atoms with Gasteiger partial charge in [-0.15, -0.1) is 0 Å². The lowest BCUT2D eigenvalue weighted by Crippen LogP contribution is -2.02. The summed E-state index contributed by atoms with van der Waals surface area (Å²) in [6, 6.07) is 11.4. The van der Waals surface area contributed by atoms with Gasteiger partial charge in [-0.05, 0) is 67.3 Å². The summed E-state index contributed by atoms with van der Waals surface area (Å²) in [4.78, 5) is 0. The van der Waals surface area contributed by atoms with Gasteiger partial charge in [0.15, 0.2) is 0 Å². The molecule has 1 atom stereocenters. The number of aliphatic hydroxyl groups is 1. The molecule has 0 spiro atoms. The Balaban J connectivity index is 2.07. The van der Waals surface area contributed by atoms with Gasteiger partial charge in [-0.2, -0.15) is 0 Å². The highest BCUT2D eigenvalue weighted by Gasteiger charge is 2.18. The Morgan fingerprint density at radius 1 is 0.952 bits per heavy atom. The van der Waals surface area contributed by atoms with Gasteiger partial charge in [0.05, 0.1) is 0 Å². The Labute approximate surface area is 129 Å². The SMILES string of the molecule is Cc1cc(C)c(C(O)c2cc3cc(Cl)ccc3o2)cc1C. The van der Waals surface area contributed by atoms with Crippen molar-refractivity contribution in [3.05, 3.63) is 69.4 Å².